The first-order valence-electron chi connectivity index (χ1n) is 8.94. The summed E-state index contributed by atoms with van der Waals surface area (Å²) < 4.78 is 61.5. The third-order valence-corrected chi connectivity index (χ3v) is 7.07. The Morgan fingerprint density at radius 1 is 0.750 bits per heavy atom. The van der Waals surface area contributed by atoms with Gasteiger partial charge in [0.05, 0.1) is 34.5 Å². The zero-order chi connectivity index (χ0) is 23.4. The van der Waals surface area contributed by atoms with Crippen LogP contribution in [0.5, 0.6) is 5.75 Å². The average Bonchev–Trinajstić information content (AvgIpc) is 2.78. The summed E-state index contributed by atoms with van der Waals surface area (Å²) in [4.78, 5) is -0.802. The van der Waals surface area contributed by atoms with Crippen LogP contribution in [0.2, 0.25) is 0 Å². The van der Waals surface area contributed by atoms with Crippen molar-refractivity contribution in [3.05, 3.63) is 77.9 Å². The lowest BCUT2D eigenvalue weighted by molar-refractivity contribution is 0.402. The summed E-state index contributed by atoms with van der Waals surface area (Å²) in [7, 11) is -7.33. The maximum atomic E-state index is 13.0. The van der Waals surface area contributed by atoms with E-state index in [1.54, 1.807) is 24.3 Å². The van der Waals surface area contributed by atoms with Crippen LogP contribution < -0.4 is 14.2 Å². The molecule has 0 saturated carbocycles. The fourth-order valence-electron chi connectivity index (χ4n) is 2.78. The molecule has 3 rings (SSSR count). The summed E-state index contributed by atoms with van der Waals surface area (Å²) in [5, 5.41) is 18.4. The van der Waals surface area contributed by atoms with Crippen LogP contribution in [-0.2, 0) is 20.0 Å². The number of benzene rings is 3. The van der Waals surface area contributed by atoms with Gasteiger partial charge in [-0.3, -0.25) is 9.44 Å². The van der Waals surface area contributed by atoms with Crippen LogP contribution in [0.25, 0.3) is 0 Å². The summed E-state index contributed by atoms with van der Waals surface area (Å²) in [6, 6.07) is 19.0. The van der Waals surface area contributed by atoms with Gasteiger partial charge in [-0.2, -0.15) is 10.5 Å². The van der Waals surface area contributed by atoms with Gasteiger partial charge in [0.2, 0.25) is 0 Å². The molecule has 0 atom stereocenters. The molecule has 0 heterocycles. The molecule has 3 aromatic rings. The number of hydrogen-bond acceptors (Lipinski definition) is 7. The molecule has 0 bridgehead atoms. The Morgan fingerprint density at radius 3 is 1.75 bits per heavy atom. The number of nitrogens with zero attached hydrogens (tertiary/aromatic N) is 2. The summed E-state index contributed by atoms with van der Waals surface area (Å²) in [5.41, 5.74) is 0.281. The molecule has 2 N–H and O–H groups in total. The van der Waals surface area contributed by atoms with E-state index < -0.39 is 24.9 Å². The minimum absolute atomic E-state index is 0.0337. The van der Waals surface area contributed by atoms with Crippen molar-refractivity contribution in [3.8, 4) is 17.9 Å². The van der Waals surface area contributed by atoms with Crippen molar-refractivity contribution in [2.75, 3.05) is 16.6 Å². The second-order valence-corrected chi connectivity index (χ2v) is 9.67. The van der Waals surface area contributed by atoms with Crippen molar-refractivity contribution in [1.29, 1.82) is 10.5 Å². The normalized spacial score (nSPS) is 11.1. The summed E-state index contributed by atoms with van der Waals surface area (Å²) in [6.07, 6.45) is 0. The molecule has 0 radical (unpaired) electrons. The molecule has 0 saturated heterocycles. The van der Waals surface area contributed by atoms with E-state index in [-0.39, 0.29) is 33.1 Å². The zero-order valence-corrected chi connectivity index (χ0v) is 18.2. The van der Waals surface area contributed by atoms with Gasteiger partial charge in [-0.05, 0) is 42.5 Å². The van der Waals surface area contributed by atoms with Gasteiger partial charge in [0.1, 0.15) is 22.8 Å². The van der Waals surface area contributed by atoms with E-state index in [9.17, 15) is 27.4 Å². The molecule has 0 unspecified atom stereocenters. The van der Waals surface area contributed by atoms with Crippen LogP contribution >= 0.6 is 0 Å². The number of ether oxygens (including phenoxy) is 1. The lowest BCUT2D eigenvalue weighted by atomic mass is 10.2. The largest absolute Gasteiger partial charge is 0.495 e. The summed E-state index contributed by atoms with van der Waals surface area (Å²) >= 11 is 0. The van der Waals surface area contributed by atoms with Crippen LogP contribution in [0.1, 0.15) is 11.1 Å². The highest BCUT2D eigenvalue weighted by Gasteiger charge is 2.25. The van der Waals surface area contributed by atoms with E-state index in [0.29, 0.717) is 0 Å². The number of rotatable bonds is 7. The highest BCUT2D eigenvalue weighted by atomic mass is 32.2. The molecule has 9 nitrogen and oxygen atoms in total. The standard InChI is InChI=1S/C21H16N4O5S2/c1-30-20-11-10-17(31(26,27)24-18-8-4-2-6-15(18)13-22)12-21(20)32(28,29)25-19-9-5-3-7-16(19)14-23/h2-12,24-25H,1H3. The van der Waals surface area contributed by atoms with Crippen LogP contribution in [0.3, 0.4) is 0 Å². The van der Waals surface area contributed by atoms with Crippen molar-refractivity contribution in [2.24, 2.45) is 0 Å². The van der Waals surface area contributed by atoms with Crippen LogP contribution in [-0.4, -0.2) is 23.9 Å². The molecular weight excluding hydrogens is 452 g/mol. The number of methoxy groups -OCH3 is 1. The Bertz CT molecular complexity index is 1470. The van der Waals surface area contributed by atoms with Gasteiger partial charge in [0, 0.05) is 0 Å². The Morgan fingerprint density at radius 2 is 1.25 bits per heavy atom. The van der Waals surface area contributed by atoms with Gasteiger partial charge in [-0.15, -0.1) is 0 Å². The van der Waals surface area contributed by atoms with Crippen LogP contribution in [0.4, 0.5) is 11.4 Å². The number of nitriles is 2. The molecule has 3 aromatic carbocycles. The molecular formula is C21H16N4O5S2. The third kappa shape index (κ3) is 4.64. The van der Waals surface area contributed by atoms with Crippen molar-refractivity contribution in [2.45, 2.75) is 9.79 Å². The smallest absolute Gasteiger partial charge is 0.265 e. The Kier molecular flexibility index (Phi) is 6.35. The van der Waals surface area contributed by atoms with E-state index in [0.717, 1.165) is 6.07 Å². The molecule has 32 heavy (non-hydrogen) atoms. The van der Waals surface area contributed by atoms with Gasteiger partial charge >= 0.3 is 0 Å². The fourth-order valence-corrected chi connectivity index (χ4v) is 5.23. The molecule has 0 aromatic heterocycles. The quantitative estimate of drug-likeness (QED) is 0.541. The van der Waals surface area contributed by atoms with Crippen LogP contribution in [0.15, 0.2) is 76.5 Å². The molecule has 0 aliphatic rings. The number of sulfonamides is 2. The lowest BCUT2D eigenvalue weighted by Crippen LogP contribution is -2.18. The minimum Gasteiger partial charge on any atom is -0.495 e. The predicted octanol–water partition coefficient (Wildman–Crippen LogP) is 3.04. The molecule has 0 aliphatic carbocycles. The molecule has 0 amide bonds. The summed E-state index contributed by atoms with van der Waals surface area (Å²) in [5.74, 6) is -0.0942. The Labute approximate surface area is 185 Å². The van der Waals surface area contributed by atoms with Gasteiger partial charge in [-0.25, -0.2) is 16.8 Å². The highest BCUT2D eigenvalue weighted by Crippen LogP contribution is 2.30. The molecule has 0 spiro atoms. The fraction of sp³-hybridized carbons (Fsp3) is 0.0476. The van der Waals surface area contributed by atoms with Crippen LogP contribution in [0, 0.1) is 22.7 Å². The average molecular weight is 469 g/mol. The molecule has 162 valence electrons. The topological polar surface area (TPSA) is 149 Å². The zero-order valence-electron chi connectivity index (χ0n) is 16.6. The van der Waals surface area contributed by atoms with E-state index in [1.165, 1.54) is 43.5 Å². The van der Waals surface area contributed by atoms with Gasteiger partial charge < -0.3 is 4.74 Å². The Balaban J connectivity index is 2.05. The summed E-state index contributed by atoms with van der Waals surface area (Å²) in [6.45, 7) is 0. The molecule has 11 heteroatoms. The first kappa shape index (κ1) is 22.6. The second-order valence-electron chi connectivity index (χ2n) is 6.34. The van der Waals surface area contributed by atoms with E-state index in [1.807, 2.05) is 12.1 Å². The van der Waals surface area contributed by atoms with Crippen molar-refractivity contribution in [1.82, 2.24) is 0 Å². The van der Waals surface area contributed by atoms with Gasteiger partial charge in [-0.1, -0.05) is 24.3 Å². The Hall–Kier alpha value is -4.06. The van der Waals surface area contributed by atoms with Crippen molar-refractivity contribution >= 4 is 31.4 Å². The minimum atomic E-state index is -4.33. The van der Waals surface area contributed by atoms with Gasteiger partial charge in [0.15, 0.2) is 0 Å². The van der Waals surface area contributed by atoms with Crippen molar-refractivity contribution in [3.63, 3.8) is 0 Å². The van der Waals surface area contributed by atoms with E-state index in [4.69, 9.17) is 4.74 Å². The molecule has 0 aliphatic heterocycles. The second kappa shape index (κ2) is 8.98. The van der Waals surface area contributed by atoms with E-state index in [2.05, 4.69) is 9.44 Å². The lowest BCUT2D eigenvalue weighted by Gasteiger charge is -2.15. The maximum absolute atomic E-state index is 13.0. The SMILES string of the molecule is COc1ccc(S(=O)(=O)Nc2ccccc2C#N)cc1S(=O)(=O)Nc1ccccc1C#N. The maximum Gasteiger partial charge on any atom is 0.265 e. The monoisotopic (exact) mass is 468 g/mol. The number of hydrogen-bond donors (Lipinski definition) is 2. The number of anilines is 2. The first-order valence-corrected chi connectivity index (χ1v) is 11.9. The first-order chi connectivity index (χ1) is 15.2. The number of para-hydroxylation sites is 2. The third-order valence-electron chi connectivity index (χ3n) is 4.32. The van der Waals surface area contributed by atoms with Crippen molar-refractivity contribution < 1.29 is 21.6 Å². The molecule has 0 fully saturated rings. The van der Waals surface area contributed by atoms with Gasteiger partial charge in [0.25, 0.3) is 20.0 Å². The predicted molar refractivity (Wildman–Crippen MR) is 117 cm³/mol. The van der Waals surface area contributed by atoms with E-state index >= 15 is 0 Å². The number of nitrogens with one attached hydrogen (secondary N) is 2. The highest BCUT2D eigenvalue weighted by molar-refractivity contribution is 7.93.